The van der Waals surface area contributed by atoms with Crippen molar-refractivity contribution in [2.24, 2.45) is 0 Å². The largest absolute Gasteiger partial charge is 0.494 e. The molecule has 0 bridgehead atoms. The van der Waals surface area contributed by atoms with Crippen LogP contribution in [0.4, 0.5) is 9.18 Å². The molecule has 5 nitrogen and oxygen atoms in total. The molecule has 0 saturated carbocycles. The predicted octanol–water partition coefficient (Wildman–Crippen LogP) is 3.50. The first-order valence-corrected chi connectivity index (χ1v) is 8.04. The van der Waals surface area contributed by atoms with Gasteiger partial charge in [-0.15, -0.1) is 11.3 Å². The van der Waals surface area contributed by atoms with Gasteiger partial charge >= 0.3 is 6.03 Å². The number of hydrogen-bond acceptors (Lipinski definition) is 4. The Morgan fingerprint density at radius 1 is 1.52 bits per heavy atom. The van der Waals surface area contributed by atoms with Crippen molar-refractivity contribution in [2.45, 2.75) is 26.4 Å². The van der Waals surface area contributed by atoms with Crippen LogP contribution in [0.25, 0.3) is 0 Å². The number of thiazole rings is 1. The first kappa shape index (κ1) is 17.2. The van der Waals surface area contributed by atoms with Gasteiger partial charge in [0.15, 0.2) is 11.6 Å². The number of aryl methyl sites for hydroxylation is 1. The van der Waals surface area contributed by atoms with E-state index in [-0.39, 0.29) is 17.8 Å². The van der Waals surface area contributed by atoms with Crippen LogP contribution in [-0.4, -0.2) is 30.1 Å². The van der Waals surface area contributed by atoms with E-state index in [9.17, 15) is 9.18 Å². The number of ether oxygens (including phenoxy) is 1. The van der Waals surface area contributed by atoms with Crippen molar-refractivity contribution in [3.8, 4) is 5.75 Å². The molecule has 124 valence electrons. The van der Waals surface area contributed by atoms with E-state index in [4.69, 9.17) is 4.74 Å². The van der Waals surface area contributed by atoms with Crippen LogP contribution in [-0.2, 0) is 6.54 Å². The van der Waals surface area contributed by atoms with Gasteiger partial charge in [-0.3, -0.25) is 0 Å². The van der Waals surface area contributed by atoms with E-state index in [1.165, 1.54) is 29.4 Å². The monoisotopic (exact) mass is 337 g/mol. The van der Waals surface area contributed by atoms with E-state index in [1.807, 2.05) is 19.2 Å². The molecule has 2 rings (SSSR count). The smallest absolute Gasteiger partial charge is 0.317 e. The zero-order chi connectivity index (χ0) is 17.0. The summed E-state index contributed by atoms with van der Waals surface area (Å²) in [7, 11) is 3.08. The zero-order valence-electron chi connectivity index (χ0n) is 13.6. The number of methoxy groups -OCH3 is 1. The highest BCUT2D eigenvalue weighted by Gasteiger charge is 2.16. The molecular weight excluding hydrogens is 317 g/mol. The number of urea groups is 1. The minimum absolute atomic E-state index is 0.170. The highest BCUT2D eigenvalue weighted by atomic mass is 32.1. The Morgan fingerprint density at radius 3 is 2.83 bits per heavy atom. The fourth-order valence-electron chi connectivity index (χ4n) is 2.08. The van der Waals surface area contributed by atoms with Crippen LogP contribution in [0.5, 0.6) is 5.75 Å². The zero-order valence-corrected chi connectivity index (χ0v) is 14.4. The summed E-state index contributed by atoms with van der Waals surface area (Å²) in [5.74, 6) is -0.251. The molecule has 1 heterocycles. The number of nitrogens with zero attached hydrogens (tertiary/aromatic N) is 2. The Labute approximate surface area is 139 Å². The standard InChI is InChI=1S/C16H20FN3O2S/c1-10-9-23-15(18-10)11(2)19-16(21)20(3)8-12-5-6-14(22-4)13(17)7-12/h5-7,9,11H,8H2,1-4H3,(H,19,21). The fourth-order valence-corrected chi connectivity index (χ4v) is 2.89. The van der Waals surface area contributed by atoms with Gasteiger partial charge in [-0.1, -0.05) is 6.07 Å². The lowest BCUT2D eigenvalue weighted by atomic mass is 10.2. The maximum absolute atomic E-state index is 13.7. The molecule has 2 amide bonds. The first-order chi connectivity index (χ1) is 10.9. The number of hydrogen-bond donors (Lipinski definition) is 1. The topological polar surface area (TPSA) is 54.5 Å². The summed E-state index contributed by atoms with van der Waals surface area (Å²) in [4.78, 5) is 18.1. The molecule has 1 aromatic heterocycles. The van der Waals surface area contributed by atoms with Gasteiger partial charge in [-0.25, -0.2) is 14.2 Å². The summed E-state index contributed by atoms with van der Waals surface area (Å²) in [5.41, 5.74) is 1.63. The molecule has 0 radical (unpaired) electrons. The molecule has 0 aliphatic rings. The summed E-state index contributed by atoms with van der Waals surface area (Å²) in [6.07, 6.45) is 0. The van der Waals surface area contributed by atoms with Gasteiger partial charge in [0.25, 0.3) is 0 Å². The van der Waals surface area contributed by atoms with E-state index in [2.05, 4.69) is 10.3 Å². The summed E-state index contributed by atoms with van der Waals surface area (Å²) in [6.45, 7) is 4.10. The lowest BCUT2D eigenvalue weighted by Crippen LogP contribution is -2.38. The molecular formula is C16H20FN3O2S. The Balaban J connectivity index is 1.95. The van der Waals surface area contributed by atoms with E-state index < -0.39 is 5.82 Å². The number of amides is 2. The molecule has 0 fully saturated rings. The third-order valence-electron chi connectivity index (χ3n) is 3.33. The second-order valence-electron chi connectivity index (χ2n) is 5.32. The van der Waals surface area contributed by atoms with Crippen LogP contribution < -0.4 is 10.1 Å². The van der Waals surface area contributed by atoms with Crippen LogP contribution >= 0.6 is 11.3 Å². The van der Waals surface area contributed by atoms with Crippen LogP contribution in [0.15, 0.2) is 23.6 Å². The number of aromatic nitrogens is 1. The number of rotatable bonds is 5. The Morgan fingerprint density at radius 2 is 2.26 bits per heavy atom. The second kappa shape index (κ2) is 7.41. The van der Waals surface area contributed by atoms with Gasteiger partial charge in [-0.05, 0) is 31.5 Å². The third-order valence-corrected chi connectivity index (χ3v) is 4.48. The summed E-state index contributed by atoms with van der Waals surface area (Å²) in [5, 5.41) is 5.69. The molecule has 1 unspecified atom stereocenters. The fraction of sp³-hybridized carbons (Fsp3) is 0.375. The maximum Gasteiger partial charge on any atom is 0.317 e. The molecule has 0 aliphatic heterocycles. The van der Waals surface area contributed by atoms with Gasteiger partial charge in [0.1, 0.15) is 5.01 Å². The highest BCUT2D eigenvalue weighted by Crippen LogP contribution is 2.19. The number of carbonyl (C=O) groups excluding carboxylic acids is 1. The highest BCUT2D eigenvalue weighted by molar-refractivity contribution is 7.09. The molecule has 0 spiro atoms. The predicted molar refractivity (Wildman–Crippen MR) is 88.2 cm³/mol. The van der Waals surface area contributed by atoms with Crippen LogP contribution in [0.1, 0.15) is 29.2 Å². The minimum atomic E-state index is -0.439. The molecule has 7 heteroatoms. The van der Waals surface area contributed by atoms with E-state index in [0.29, 0.717) is 12.1 Å². The van der Waals surface area contributed by atoms with Crippen LogP contribution in [0, 0.1) is 12.7 Å². The second-order valence-corrected chi connectivity index (χ2v) is 6.21. The van der Waals surface area contributed by atoms with Gasteiger partial charge in [0, 0.05) is 24.7 Å². The maximum atomic E-state index is 13.7. The molecule has 1 atom stereocenters. The third kappa shape index (κ3) is 4.41. The Bertz CT molecular complexity index is 690. The Kier molecular flexibility index (Phi) is 5.54. The van der Waals surface area contributed by atoms with Gasteiger partial charge in [0.05, 0.1) is 13.2 Å². The normalized spacial score (nSPS) is 11.9. The van der Waals surface area contributed by atoms with Crippen LogP contribution in [0.2, 0.25) is 0 Å². The first-order valence-electron chi connectivity index (χ1n) is 7.16. The van der Waals surface area contributed by atoms with Gasteiger partial charge in [-0.2, -0.15) is 0 Å². The van der Waals surface area contributed by atoms with Gasteiger partial charge in [0.2, 0.25) is 0 Å². The average Bonchev–Trinajstić information content (AvgIpc) is 2.94. The average molecular weight is 337 g/mol. The van der Waals surface area contributed by atoms with E-state index in [0.717, 1.165) is 10.7 Å². The molecule has 1 N–H and O–H groups in total. The van der Waals surface area contributed by atoms with Crippen molar-refractivity contribution >= 4 is 17.4 Å². The van der Waals surface area contributed by atoms with E-state index >= 15 is 0 Å². The molecule has 2 aromatic rings. The number of benzene rings is 1. The minimum Gasteiger partial charge on any atom is -0.494 e. The Hall–Kier alpha value is -2.15. The summed E-state index contributed by atoms with van der Waals surface area (Å²) >= 11 is 1.51. The summed E-state index contributed by atoms with van der Waals surface area (Å²) < 4.78 is 18.6. The van der Waals surface area contributed by atoms with Crippen molar-refractivity contribution in [1.29, 1.82) is 0 Å². The van der Waals surface area contributed by atoms with Crippen molar-refractivity contribution < 1.29 is 13.9 Å². The SMILES string of the molecule is COc1ccc(CN(C)C(=O)NC(C)c2nc(C)cs2)cc1F. The number of carbonyl (C=O) groups is 1. The number of halogens is 1. The van der Waals surface area contributed by atoms with Crippen molar-refractivity contribution in [3.63, 3.8) is 0 Å². The quantitative estimate of drug-likeness (QED) is 0.908. The lowest BCUT2D eigenvalue weighted by Gasteiger charge is -2.20. The molecule has 0 saturated heterocycles. The lowest BCUT2D eigenvalue weighted by molar-refractivity contribution is 0.203. The molecule has 1 aromatic carbocycles. The van der Waals surface area contributed by atoms with Crippen molar-refractivity contribution in [3.05, 3.63) is 45.7 Å². The van der Waals surface area contributed by atoms with Crippen molar-refractivity contribution in [1.82, 2.24) is 15.2 Å². The summed E-state index contributed by atoms with van der Waals surface area (Å²) in [6, 6.07) is 4.25. The van der Waals surface area contributed by atoms with E-state index in [1.54, 1.807) is 19.2 Å². The van der Waals surface area contributed by atoms with Gasteiger partial charge < -0.3 is 15.0 Å². The number of nitrogens with one attached hydrogen (secondary N) is 1. The van der Waals surface area contributed by atoms with Crippen molar-refractivity contribution in [2.75, 3.05) is 14.2 Å². The molecule has 23 heavy (non-hydrogen) atoms. The molecule has 0 aliphatic carbocycles. The van der Waals surface area contributed by atoms with Crippen LogP contribution in [0.3, 0.4) is 0 Å².